The van der Waals surface area contributed by atoms with Gasteiger partial charge in [0.1, 0.15) is 0 Å². The highest BCUT2D eigenvalue weighted by molar-refractivity contribution is 5.83. The van der Waals surface area contributed by atoms with E-state index in [0.717, 1.165) is 56.3 Å². The molecule has 0 radical (unpaired) electrons. The van der Waals surface area contributed by atoms with Gasteiger partial charge in [-0.1, -0.05) is 38.1 Å². The first-order valence-corrected chi connectivity index (χ1v) is 12.1. The maximum absolute atomic E-state index is 13.5. The molecule has 0 bridgehead atoms. The molecule has 0 saturated carbocycles. The van der Waals surface area contributed by atoms with Crippen molar-refractivity contribution < 1.29 is 9.53 Å². The number of ether oxygens (including phenoxy) is 1. The van der Waals surface area contributed by atoms with Crippen LogP contribution in [0.5, 0.6) is 0 Å². The quantitative estimate of drug-likeness (QED) is 0.709. The van der Waals surface area contributed by atoms with Gasteiger partial charge in [0.15, 0.2) is 0 Å². The van der Waals surface area contributed by atoms with Gasteiger partial charge in [-0.2, -0.15) is 0 Å². The summed E-state index contributed by atoms with van der Waals surface area (Å²) in [4.78, 5) is 20.2. The van der Waals surface area contributed by atoms with E-state index < -0.39 is 5.41 Å². The molecular formula is C27H37N3O2. The Balaban J connectivity index is 1.45. The van der Waals surface area contributed by atoms with Crippen LogP contribution in [0, 0.1) is 17.3 Å². The Morgan fingerprint density at radius 3 is 2.50 bits per heavy atom. The molecule has 5 heteroatoms. The van der Waals surface area contributed by atoms with Crippen molar-refractivity contribution in [2.75, 3.05) is 39.4 Å². The van der Waals surface area contributed by atoms with Crippen LogP contribution in [0.25, 0.3) is 11.1 Å². The number of pyridine rings is 1. The van der Waals surface area contributed by atoms with E-state index in [9.17, 15) is 4.79 Å². The number of amides is 1. The number of aromatic nitrogens is 1. The van der Waals surface area contributed by atoms with Gasteiger partial charge < -0.3 is 15.0 Å². The lowest BCUT2D eigenvalue weighted by atomic mass is 9.73. The summed E-state index contributed by atoms with van der Waals surface area (Å²) in [6.45, 7) is 9.87. The van der Waals surface area contributed by atoms with Gasteiger partial charge in [-0.3, -0.25) is 9.78 Å². The van der Waals surface area contributed by atoms with Crippen molar-refractivity contribution in [2.24, 2.45) is 17.3 Å². The van der Waals surface area contributed by atoms with Crippen LogP contribution in [0.3, 0.4) is 0 Å². The molecule has 2 fully saturated rings. The number of benzene rings is 1. The van der Waals surface area contributed by atoms with Crippen molar-refractivity contribution in [1.29, 1.82) is 0 Å². The normalized spacial score (nSPS) is 23.6. The highest BCUT2D eigenvalue weighted by Gasteiger charge is 2.40. The van der Waals surface area contributed by atoms with Crippen LogP contribution in [-0.2, 0) is 16.0 Å². The second-order valence-electron chi connectivity index (χ2n) is 9.92. The number of likely N-dealkylation sites (tertiary alicyclic amines) is 1. The van der Waals surface area contributed by atoms with Gasteiger partial charge in [0.25, 0.3) is 0 Å². The third-order valence-corrected chi connectivity index (χ3v) is 7.13. The van der Waals surface area contributed by atoms with E-state index in [1.54, 1.807) is 0 Å². The molecule has 1 amide bonds. The largest absolute Gasteiger partial charge is 0.381 e. The Bertz CT molecular complexity index is 869. The topological polar surface area (TPSA) is 54.5 Å². The second kappa shape index (κ2) is 10.6. The van der Waals surface area contributed by atoms with E-state index in [0.29, 0.717) is 19.8 Å². The fourth-order valence-corrected chi connectivity index (χ4v) is 5.59. The lowest BCUT2D eigenvalue weighted by Crippen LogP contribution is -2.49. The van der Waals surface area contributed by atoms with Crippen molar-refractivity contribution in [3.63, 3.8) is 0 Å². The van der Waals surface area contributed by atoms with Crippen molar-refractivity contribution in [3.05, 3.63) is 54.4 Å². The molecule has 3 heterocycles. The summed E-state index contributed by atoms with van der Waals surface area (Å²) in [6.07, 6.45) is 7.22. The van der Waals surface area contributed by atoms with Gasteiger partial charge in [0.2, 0.25) is 5.91 Å². The van der Waals surface area contributed by atoms with Crippen molar-refractivity contribution in [3.8, 4) is 11.1 Å². The highest BCUT2D eigenvalue weighted by atomic mass is 16.5. The SMILES string of the molecule is C[C@H]1C[C@H](C)CN(CCNC(=O)C2(Cc3ccccc3-c3ccncc3)CCOCC2)C1. The predicted octanol–water partition coefficient (Wildman–Crippen LogP) is 4.18. The van der Waals surface area contributed by atoms with Gasteiger partial charge in [-0.05, 0) is 66.3 Å². The summed E-state index contributed by atoms with van der Waals surface area (Å²) in [6, 6.07) is 12.5. The predicted molar refractivity (Wildman–Crippen MR) is 128 cm³/mol. The zero-order valence-electron chi connectivity index (χ0n) is 19.6. The minimum atomic E-state index is -0.413. The molecule has 32 heavy (non-hydrogen) atoms. The molecule has 2 atom stereocenters. The van der Waals surface area contributed by atoms with Crippen LogP contribution in [0.15, 0.2) is 48.8 Å². The smallest absolute Gasteiger partial charge is 0.226 e. The van der Waals surface area contributed by atoms with Crippen LogP contribution in [0.1, 0.15) is 38.7 Å². The van der Waals surface area contributed by atoms with Crippen LogP contribution in [0.4, 0.5) is 0 Å². The zero-order chi connectivity index (χ0) is 22.4. The van der Waals surface area contributed by atoms with E-state index >= 15 is 0 Å². The fourth-order valence-electron chi connectivity index (χ4n) is 5.59. The van der Waals surface area contributed by atoms with E-state index in [1.165, 1.54) is 17.5 Å². The minimum absolute atomic E-state index is 0.184. The van der Waals surface area contributed by atoms with Gasteiger partial charge >= 0.3 is 0 Å². The number of nitrogens with zero attached hydrogens (tertiary/aromatic N) is 2. The number of hydrogen-bond acceptors (Lipinski definition) is 4. The molecule has 2 saturated heterocycles. The van der Waals surface area contributed by atoms with Crippen molar-refractivity contribution in [1.82, 2.24) is 15.2 Å². The van der Waals surface area contributed by atoms with Crippen LogP contribution < -0.4 is 5.32 Å². The fraction of sp³-hybridized carbons (Fsp3) is 0.556. The first kappa shape index (κ1) is 22.9. The maximum Gasteiger partial charge on any atom is 0.226 e. The molecule has 4 rings (SSSR count). The Morgan fingerprint density at radius 1 is 1.09 bits per heavy atom. The Hall–Kier alpha value is -2.24. The van der Waals surface area contributed by atoms with Crippen LogP contribution in [-0.4, -0.2) is 55.2 Å². The summed E-state index contributed by atoms with van der Waals surface area (Å²) in [5.74, 6) is 1.66. The average Bonchev–Trinajstić information content (AvgIpc) is 2.80. The summed E-state index contributed by atoms with van der Waals surface area (Å²) in [5, 5.41) is 3.30. The average molecular weight is 436 g/mol. The standard InChI is InChI=1S/C27H37N3O2/c1-21-17-22(2)20-30(19-21)14-13-29-26(31)27(9-15-32-16-10-27)18-24-5-3-4-6-25(24)23-7-11-28-12-8-23/h3-8,11-12,21-22H,9-10,13-20H2,1-2H3,(H,29,31)/t21-,22-/m0/s1. The lowest BCUT2D eigenvalue weighted by Gasteiger charge is -2.37. The maximum atomic E-state index is 13.5. The van der Waals surface area contributed by atoms with Gasteiger partial charge in [-0.25, -0.2) is 0 Å². The number of hydrogen-bond donors (Lipinski definition) is 1. The van der Waals surface area contributed by atoms with Crippen molar-refractivity contribution >= 4 is 5.91 Å². The van der Waals surface area contributed by atoms with E-state index in [-0.39, 0.29) is 5.91 Å². The number of piperidine rings is 1. The Morgan fingerprint density at radius 2 is 1.78 bits per heavy atom. The number of nitrogens with one attached hydrogen (secondary N) is 1. The molecule has 0 unspecified atom stereocenters. The summed E-state index contributed by atoms with van der Waals surface area (Å²) in [7, 11) is 0. The van der Waals surface area contributed by atoms with E-state index in [4.69, 9.17) is 4.74 Å². The summed E-state index contributed by atoms with van der Waals surface area (Å²) >= 11 is 0. The Labute approximate surface area is 192 Å². The molecular weight excluding hydrogens is 398 g/mol. The zero-order valence-corrected chi connectivity index (χ0v) is 19.6. The van der Waals surface area contributed by atoms with E-state index in [1.807, 2.05) is 24.5 Å². The van der Waals surface area contributed by atoms with Crippen LogP contribution >= 0.6 is 0 Å². The highest BCUT2D eigenvalue weighted by Crippen LogP contribution is 2.37. The number of rotatable bonds is 7. The third kappa shape index (κ3) is 5.57. The molecule has 172 valence electrons. The summed E-state index contributed by atoms with van der Waals surface area (Å²) < 4.78 is 5.65. The molecule has 0 aliphatic carbocycles. The molecule has 0 spiro atoms. The Kier molecular flexibility index (Phi) is 7.59. The first-order valence-electron chi connectivity index (χ1n) is 12.1. The third-order valence-electron chi connectivity index (χ3n) is 7.13. The van der Waals surface area contributed by atoms with Gasteiger partial charge in [0.05, 0.1) is 5.41 Å². The van der Waals surface area contributed by atoms with Crippen LogP contribution in [0.2, 0.25) is 0 Å². The monoisotopic (exact) mass is 435 g/mol. The number of carbonyl (C=O) groups excluding carboxylic acids is 1. The van der Waals surface area contributed by atoms with E-state index in [2.05, 4.69) is 53.3 Å². The van der Waals surface area contributed by atoms with Gasteiger partial charge in [-0.15, -0.1) is 0 Å². The second-order valence-corrected chi connectivity index (χ2v) is 9.92. The van der Waals surface area contributed by atoms with Gasteiger partial charge in [0, 0.05) is 51.8 Å². The summed E-state index contributed by atoms with van der Waals surface area (Å²) in [5.41, 5.74) is 3.13. The van der Waals surface area contributed by atoms with Crippen molar-refractivity contribution in [2.45, 2.75) is 39.5 Å². The number of carbonyl (C=O) groups is 1. The molecule has 1 N–H and O–H groups in total. The lowest BCUT2D eigenvalue weighted by molar-refractivity contribution is -0.136. The molecule has 1 aromatic carbocycles. The molecule has 5 nitrogen and oxygen atoms in total. The minimum Gasteiger partial charge on any atom is -0.381 e. The molecule has 2 aliphatic heterocycles. The molecule has 2 aromatic rings. The molecule has 2 aliphatic rings. The first-order chi connectivity index (χ1) is 15.6. The molecule has 1 aromatic heterocycles.